The van der Waals surface area contributed by atoms with Crippen molar-refractivity contribution < 1.29 is 18.8 Å². The topological polar surface area (TPSA) is 91.7 Å². The molecule has 1 fully saturated rings. The first-order valence-corrected chi connectivity index (χ1v) is 8.93. The zero-order valence-corrected chi connectivity index (χ0v) is 15.5. The number of aryl methyl sites for hydroxylation is 1. The standard InChI is InChI=1S/C20H23N3O4/c1-13-5-3-6-16(14(13)2)23-12-15(11-18(23)24)19(25)21-8-9-22-20(26)17-7-4-10-27-17/h3-7,10,15H,8-9,11-12H2,1-2H3,(H,21,25)(H,22,26). The third kappa shape index (κ3) is 4.19. The number of hydrogen-bond acceptors (Lipinski definition) is 4. The lowest BCUT2D eigenvalue weighted by molar-refractivity contribution is -0.126. The van der Waals surface area contributed by atoms with Gasteiger partial charge in [0.2, 0.25) is 11.8 Å². The number of anilines is 1. The van der Waals surface area contributed by atoms with Crippen molar-refractivity contribution >= 4 is 23.4 Å². The van der Waals surface area contributed by atoms with Gasteiger partial charge in [0, 0.05) is 31.7 Å². The maximum Gasteiger partial charge on any atom is 0.287 e. The molecule has 3 amide bonds. The van der Waals surface area contributed by atoms with Crippen LogP contribution >= 0.6 is 0 Å². The molecule has 1 unspecified atom stereocenters. The van der Waals surface area contributed by atoms with Crippen molar-refractivity contribution in [3.05, 3.63) is 53.5 Å². The highest BCUT2D eigenvalue weighted by Gasteiger charge is 2.35. The first-order chi connectivity index (χ1) is 13.0. The molecule has 1 aliphatic heterocycles. The molecule has 3 rings (SSSR count). The Morgan fingerprint density at radius 2 is 1.93 bits per heavy atom. The maximum atomic E-state index is 12.4. The van der Waals surface area contributed by atoms with Crippen molar-refractivity contribution in [1.29, 1.82) is 0 Å². The molecule has 1 aromatic heterocycles. The predicted molar refractivity (Wildman–Crippen MR) is 100 cm³/mol. The van der Waals surface area contributed by atoms with Crippen LogP contribution in [0.1, 0.15) is 28.1 Å². The van der Waals surface area contributed by atoms with Crippen LogP contribution in [0.4, 0.5) is 5.69 Å². The van der Waals surface area contributed by atoms with Gasteiger partial charge in [0.1, 0.15) is 0 Å². The molecular formula is C20H23N3O4. The lowest BCUT2D eigenvalue weighted by Crippen LogP contribution is -2.38. The molecule has 1 atom stereocenters. The van der Waals surface area contributed by atoms with E-state index in [1.54, 1.807) is 17.0 Å². The van der Waals surface area contributed by atoms with Gasteiger partial charge in [-0.25, -0.2) is 0 Å². The molecule has 2 N–H and O–H groups in total. The van der Waals surface area contributed by atoms with Crippen LogP contribution in [0.2, 0.25) is 0 Å². The Hall–Kier alpha value is -3.09. The Balaban J connectivity index is 1.49. The fourth-order valence-corrected chi connectivity index (χ4v) is 3.14. The van der Waals surface area contributed by atoms with Gasteiger partial charge in [-0.3, -0.25) is 14.4 Å². The summed E-state index contributed by atoms with van der Waals surface area (Å²) in [6.45, 7) is 4.92. The summed E-state index contributed by atoms with van der Waals surface area (Å²) >= 11 is 0. The van der Waals surface area contributed by atoms with Crippen LogP contribution in [-0.2, 0) is 9.59 Å². The molecule has 2 aromatic rings. The summed E-state index contributed by atoms with van der Waals surface area (Å²) in [6.07, 6.45) is 1.62. The Morgan fingerprint density at radius 3 is 2.67 bits per heavy atom. The zero-order chi connectivity index (χ0) is 19.4. The Bertz CT molecular complexity index is 845. The van der Waals surface area contributed by atoms with Crippen molar-refractivity contribution in [2.24, 2.45) is 5.92 Å². The number of benzene rings is 1. The van der Waals surface area contributed by atoms with Gasteiger partial charge >= 0.3 is 0 Å². The Morgan fingerprint density at radius 1 is 1.15 bits per heavy atom. The third-order valence-corrected chi connectivity index (χ3v) is 4.82. The summed E-state index contributed by atoms with van der Waals surface area (Å²) in [6, 6.07) is 9.03. The van der Waals surface area contributed by atoms with Gasteiger partial charge in [-0.1, -0.05) is 12.1 Å². The summed E-state index contributed by atoms with van der Waals surface area (Å²) in [4.78, 5) is 38.2. The van der Waals surface area contributed by atoms with Crippen molar-refractivity contribution in [3.8, 4) is 0 Å². The van der Waals surface area contributed by atoms with Crippen LogP contribution in [0.25, 0.3) is 0 Å². The smallest absolute Gasteiger partial charge is 0.287 e. The molecule has 1 aliphatic rings. The van der Waals surface area contributed by atoms with Crippen LogP contribution in [0.15, 0.2) is 41.0 Å². The van der Waals surface area contributed by atoms with Crippen LogP contribution in [-0.4, -0.2) is 37.4 Å². The molecule has 1 saturated heterocycles. The number of carbonyl (C=O) groups excluding carboxylic acids is 3. The van der Waals surface area contributed by atoms with E-state index in [1.807, 2.05) is 32.0 Å². The van der Waals surface area contributed by atoms with Gasteiger partial charge in [-0.15, -0.1) is 0 Å². The minimum absolute atomic E-state index is 0.0463. The van der Waals surface area contributed by atoms with E-state index in [9.17, 15) is 14.4 Å². The SMILES string of the molecule is Cc1cccc(N2CC(C(=O)NCCNC(=O)c3ccco3)CC2=O)c1C. The van der Waals surface area contributed by atoms with Crippen molar-refractivity contribution in [3.63, 3.8) is 0 Å². The summed E-state index contributed by atoms with van der Waals surface area (Å²) in [5.41, 5.74) is 3.02. The molecule has 1 aromatic carbocycles. The minimum atomic E-state index is -0.391. The number of nitrogens with one attached hydrogen (secondary N) is 2. The van der Waals surface area contributed by atoms with E-state index >= 15 is 0 Å². The molecule has 7 nitrogen and oxygen atoms in total. The van der Waals surface area contributed by atoms with Gasteiger partial charge in [-0.2, -0.15) is 0 Å². The van der Waals surface area contributed by atoms with Crippen molar-refractivity contribution in [2.45, 2.75) is 20.3 Å². The van der Waals surface area contributed by atoms with E-state index in [2.05, 4.69) is 10.6 Å². The maximum absolute atomic E-state index is 12.4. The molecule has 27 heavy (non-hydrogen) atoms. The number of rotatable bonds is 6. The second kappa shape index (κ2) is 8.07. The number of furan rings is 1. The highest BCUT2D eigenvalue weighted by molar-refractivity contribution is 6.01. The average Bonchev–Trinajstić information content (AvgIpc) is 3.31. The van der Waals surface area contributed by atoms with E-state index in [0.29, 0.717) is 13.1 Å². The zero-order valence-electron chi connectivity index (χ0n) is 15.5. The fraction of sp³-hybridized carbons (Fsp3) is 0.350. The fourth-order valence-electron chi connectivity index (χ4n) is 3.14. The number of amides is 3. The quantitative estimate of drug-likeness (QED) is 0.760. The molecule has 0 spiro atoms. The van der Waals surface area contributed by atoms with Gasteiger partial charge in [0.25, 0.3) is 5.91 Å². The normalized spacial score (nSPS) is 16.4. The van der Waals surface area contributed by atoms with Gasteiger partial charge in [0.15, 0.2) is 5.76 Å². The van der Waals surface area contributed by atoms with Crippen molar-refractivity contribution in [2.75, 3.05) is 24.5 Å². The molecule has 2 heterocycles. The van der Waals surface area contributed by atoms with Gasteiger partial charge in [0.05, 0.1) is 12.2 Å². The monoisotopic (exact) mass is 369 g/mol. The molecule has 0 radical (unpaired) electrons. The summed E-state index contributed by atoms with van der Waals surface area (Å²) in [5.74, 6) is -0.713. The highest BCUT2D eigenvalue weighted by atomic mass is 16.3. The first-order valence-electron chi connectivity index (χ1n) is 8.93. The second-order valence-electron chi connectivity index (χ2n) is 6.65. The molecule has 142 valence electrons. The first kappa shape index (κ1) is 18.7. The lowest BCUT2D eigenvalue weighted by atomic mass is 10.1. The highest BCUT2D eigenvalue weighted by Crippen LogP contribution is 2.29. The Kier molecular flexibility index (Phi) is 5.59. The Labute approximate surface area is 157 Å². The van der Waals surface area contributed by atoms with E-state index in [0.717, 1.165) is 16.8 Å². The summed E-state index contributed by atoms with van der Waals surface area (Å²) in [5, 5.41) is 5.44. The second-order valence-corrected chi connectivity index (χ2v) is 6.65. The van der Waals surface area contributed by atoms with E-state index in [1.165, 1.54) is 6.26 Å². The molecule has 7 heteroatoms. The molecule has 0 bridgehead atoms. The number of hydrogen-bond donors (Lipinski definition) is 2. The predicted octanol–water partition coefficient (Wildman–Crippen LogP) is 1.80. The molecule has 0 saturated carbocycles. The van der Waals surface area contributed by atoms with Crippen LogP contribution in [0.3, 0.4) is 0 Å². The molecular weight excluding hydrogens is 346 g/mol. The van der Waals surface area contributed by atoms with E-state index in [4.69, 9.17) is 4.42 Å². The minimum Gasteiger partial charge on any atom is -0.459 e. The summed E-state index contributed by atoms with van der Waals surface area (Å²) in [7, 11) is 0. The number of nitrogens with zero attached hydrogens (tertiary/aromatic N) is 1. The third-order valence-electron chi connectivity index (χ3n) is 4.82. The van der Waals surface area contributed by atoms with Crippen LogP contribution in [0, 0.1) is 19.8 Å². The van der Waals surface area contributed by atoms with Crippen LogP contribution in [0.5, 0.6) is 0 Å². The van der Waals surface area contributed by atoms with Gasteiger partial charge in [-0.05, 0) is 43.2 Å². The van der Waals surface area contributed by atoms with Crippen LogP contribution < -0.4 is 15.5 Å². The van der Waals surface area contributed by atoms with E-state index < -0.39 is 5.92 Å². The molecule has 0 aliphatic carbocycles. The summed E-state index contributed by atoms with van der Waals surface area (Å²) < 4.78 is 5.00. The van der Waals surface area contributed by atoms with E-state index in [-0.39, 0.29) is 36.4 Å². The average molecular weight is 369 g/mol. The lowest BCUT2D eigenvalue weighted by Gasteiger charge is -2.20. The van der Waals surface area contributed by atoms with Gasteiger partial charge < -0.3 is 20.0 Å². The number of carbonyl (C=O) groups is 3. The van der Waals surface area contributed by atoms with Crippen molar-refractivity contribution in [1.82, 2.24) is 10.6 Å². The largest absolute Gasteiger partial charge is 0.459 e.